The zero-order valence-corrected chi connectivity index (χ0v) is 12.1. The summed E-state index contributed by atoms with van der Waals surface area (Å²) in [4.78, 5) is 4.99. The van der Waals surface area contributed by atoms with Crippen molar-refractivity contribution in [3.8, 4) is 0 Å². The smallest absolute Gasteiger partial charge is 0.0793 e. The molecule has 3 fully saturated rings. The summed E-state index contributed by atoms with van der Waals surface area (Å²) < 4.78 is 0. The fourth-order valence-corrected chi connectivity index (χ4v) is 4.30. The van der Waals surface area contributed by atoms with Crippen LogP contribution in [0.5, 0.6) is 0 Å². The standard InChI is InChI=1S/C15H29N3O/c19-14(11-17-9-6-16-7-10-17)12-18-8-2-4-13-3-1-5-15(13)18/h13-16,19H,1-12H2. The second-order valence-electron chi connectivity index (χ2n) is 6.60. The van der Waals surface area contributed by atoms with Gasteiger partial charge < -0.3 is 10.4 Å². The molecule has 3 rings (SSSR count). The third-order valence-corrected chi connectivity index (χ3v) is 5.23. The number of rotatable bonds is 4. The molecule has 0 amide bonds. The highest BCUT2D eigenvalue weighted by Gasteiger charge is 2.35. The molecule has 2 aliphatic heterocycles. The Morgan fingerprint density at radius 2 is 1.79 bits per heavy atom. The van der Waals surface area contributed by atoms with Gasteiger partial charge in [0.05, 0.1) is 6.10 Å². The first kappa shape index (κ1) is 13.8. The summed E-state index contributed by atoms with van der Waals surface area (Å²) in [5.41, 5.74) is 0. The first-order chi connectivity index (χ1) is 9.33. The van der Waals surface area contributed by atoms with Gasteiger partial charge in [0, 0.05) is 45.3 Å². The number of piperidine rings is 1. The van der Waals surface area contributed by atoms with E-state index in [2.05, 4.69) is 15.1 Å². The Hall–Kier alpha value is -0.160. The number of β-amino-alcohol motifs (C(OH)–C–C–N with tert-alkyl or cyclic N) is 1. The molecule has 1 aliphatic carbocycles. The van der Waals surface area contributed by atoms with Gasteiger partial charge in [-0.2, -0.15) is 0 Å². The van der Waals surface area contributed by atoms with Gasteiger partial charge in [-0.1, -0.05) is 6.42 Å². The molecule has 4 heteroatoms. The summed E-state index contributed by atoms with van der Waals surface area (Å²) in [6, 6.07) is 0.784. The molecule has 0 aromatic rings. The maximum atomic E-state index is 10.4. The lowest BCUT2D eigenvalue weighted by Gasteiger charge is -2.39. The molecular weight excluding hydrogens is 238 g/mol. The van der Waals surface area contributed by atoms with Gasteiger partial charge >= 0.3 is 0 Å². The van der Waals surface area contributed by atoms with Gasteiger partial charge in [0.25, 0.3) is 0 Å². The van der Waals surface area contributed by atoms with Crippen LogP contribution in [-0.4, -0.2) is 72.9 Å². The molecule has 0 aromatic carbocycles. The summed E-state index contributed by atoms with van der Waals surface area (Å²) in [6.07, 6.45) is 6.79. The van der Waals surface area contributed by atoms with E-state index in [1.807, 2.05) is 0 Å². The first-order valence-corrected chi connectivity index (χ1v) is 8.18. The monoisotopic (exact) mass is 267 g/mol. The second-order valence-corrected chi connectivity index (χ2v) is 6.60. The molecule has 4 nitrogen and oxygen atoms in total. The normalized spacial score (nSPS) is 35.2. The zero-order valence-electron chi connectivity index (χ0n) is 12.1. The van der Waals surface area contributed by atoms with Crippen LogP contribution in [0.3, 0.4) is 0 Å². The van der Waals surface area contributed by atoms with Crippen molar-refractivity contribution in [2.75, 3.05) is 45.8 Å². The third-order valence-electron chi connectivity index (χ3n) is 5.23. The minimum atomic E-state index is -0.169. The Labute approximate surface area is 117 Å². The van der Waals surface area contributed by atoms with E-state index >= 15 is 0 Å². The highest BCUT2D eigenvalue weighted by atomic mass is 16.3. The highest BCUT2D eigenvalue weighted by molar-refractivity contribution is 4.90. The average Bonchev–Trinajstić information content (AvgIpc) is 2.89. The van der Waals surface area contributed by atoms with Crippen molar-refractivity contribution in [1.29, 1.82) is 0 Å². The number of hydrogen-bond acceptors (Lipinski definition) is 4. The molecule has 2 N–H and O–H groups in total. The summed E-state index contributed by atoms with van der Waals surface area (Å²) in [6.45, 7) is 7.27. The van der Waals surface area contributed by atoms with Crippen LogP contribution in [0.15, 0.2) is 0 Å². The molecule has 0 bridgehead atoms. The van der Waals surface area contributed by atoms with Gasteiger partial charge in [-0.3, -0.25) is 9.80 Å². The molecule has 0 spiro atoms. The molecule has 110 valence electrons. The van der Waals surface area contributed by atoms with Crippen LogP contribution in [0.2, 0.25) is 0 Å². The maximum absolute atomic E-state index is 10.4. The summed E-state index contributed by atoms with van der Waals surface area (Å²) >= 11 is 0. The summed E-state index contributed by atoms with van der Waals surface area (Å²) in [7, 11) is 0. The molecule has 3 unspecified atom stereocenters. The number of aliphatic hydroxyl groups is 1. The van der Waals surface area contributed by atoms with Crippen molar-refractivity contribution in [2.45, 2.75) is 44.2 Å². The van der Waals surface area contributed by atoms with Crippen LogP contribution in [0.25, 0.3) is 0 Å². The first-order valence-electron chi connectivity index (χ1n) is 8.18. The van der Waals surface area contributed by atoms with Crippen molar-refractivity contribution in [3.63, 3.8) is 0 Å². The fourth-order valence-electron chi connectivity index (χ4n) is 4.30. The van der Waals surface area contributed by atoms with Gasteiger partial charge in [-0.05, 0) is 38.1 Å². The Bertz CT molecular complexity index is 281. The van der Waals surface area contributed by atoms with E-state index in [1.165, 1.54) is 38.6 Å². The van der Waals surface area contributed by atoms with Crippen LogP contribution >= 0.6 is 0 Å². The molecule has 2 saturated heterocycles. The Balaban J connectivity index is 1.46. The lowest BCUT2D eigenvalue weighted by atomic mass is 9.92. The van der Waals surface area contributed by atoms with Gasteiger partial charge in [-0.25, -0.2) is 0 Å². The van der Waals surface area contributed by atoms with E-state index in [1.54, 1.807) is 0 Å². The number of likely N-dealkylation sites (tertiary alicyclic amines) is 1. The van der Waals surface area contributed by atoms with E-state index in [0.29, 0.717) is 0 Å². The van der Waals surface area contributed by atoms with Crippen LogP contribution in [0, 0.1) is 5.92 Å². The molecule has 3 aliphatic rings. The number of aliphatic hydroxyl groups excluding tert-OH is 1. The fraction of sp³-hybridized carbons (Fsp3) is 1.00. The zero-order chi connectivity index (χ0) is 13.1. The molecule has 0 radical (unpaired) electrons. The molecule has 0 aromatic heterocycles. The Morgan fingerprint density at radius 1 is 1.00 bits per heavy atom. The largest absolute Gasteiger partial charge is 0.390 e. The van der Waals surface area contributed by atoms with Crippen molar-refractivity contribution in [3.05, 3.63) is 0 Å². The van der Waals surface area contributed by atoms with E-state index in [9.17, 15) is 5.11 Å². The van der Waals surface area contributed by atoms with Crippen LogP contribution in [0.1, 0.15) is 32.1 Å². The van der Waals surface area contributed by atoms with E-state index in [0.717, 1.165) is 51.2 Å². The lowest BCUT2D eigenvalue weighted by molar-refractivity contribution is 0.0308. The molecule has 19 heavy (non-hydrogen) atoms. The van der Waals surface area contributed by atoms with Gasteiger partial charge in [0.15, 0.2) is 0 Å². The molecule has 1 saturated carbocycles. The van der Waals surface area contributed by atoms with Crippen molar-refractivity contribution >= 4 is 0 Å². The predicted molar refractivity (Wildman–Crippen MR) is 77.3 cm³/mol. The molecule has 2 heterocycles. The maximum Gasteiger partial charge on any atom is 0.0793 e. The van der Waals surface area contributed by atoms with E-state index in [4.69, 9.17) is 0 Å². The molecular formula is C15H29N3O. The lowest BCUT2D eigenvalue weighted by Crippen LogP contribution is -2.51. The van der Waals surface area contributed by atoms with Crippen LogP contribution < -0.4 is 5.32 Å². The number of piperazine rings is 1. The second kappa shape index (κ2) is 6.53. The quantitative estimate of drug-likeness (QED) is 0.779. The van der Waals surface area contributed by atoms with Gasteiger partial charge in [0.2, 0.25) is 0 Å². The van der Waals surface area contributed by atoms with E-state index < -0.39 is 0 Å². The van der Waals surface area contributed by atoms with Crippen molar-refractivity contribution < 1.29 is 5.11 Å². The predicted octanol–water partition coefficient (Wildman–Crippen LogP) is 0.517. The number of nitrogens with zero attached hydrogens (tertiary/aromatic N) is 2. The minimum Gasteiger partial charge on any atom is -0.390 e. The van der Waals surface area contributed by atoms with E-state index in [-0.39, 0.29) is 6.10 Å². The van der Waals surface area contributed by atoms with Crippen molar-refractivity contribution in [1.82, 2.24) is 15.1 Å². The molecule has 3 atom stereocenters. The van der Waals surface area contributed by atoms with Crippen LogP contribution in [0.4, 0.5) is 0 Å². The van der Waals surface area contributed by atoms with Gasteiger partial charge in [0.1, 0.15) is 0 Å². The van der Waals surface area contributed by atoms with Crippen LogP contribution in [-0.2, 0) is 0 Å². The number of nitrogens with one attached hydrogen (secondary N) is 1. The minimum absolute atomic E-state index is 0.169. The van der Waals surface area contributed by atoms with Crippen molar-refractivity contribution in [2.24, 2.45) is 5.92 Å². The highest BCUT2D eigenvalue weighted by Crippen LogP contribution is 2.36. The average molecular weight is 267 g/mol. The number of fused-ring (bicyclic) bond motifs is 1. The Morgan fingerprint density at radius 3 is 2.63 bits per heavy atom. The topological polar surface area (TPSA) is 38.7 Å². The third kappa shape index (κ3) is 3.48. The Kier molecular flexibility index (Phi) is 4.74. The summed E-state index contributed by atoms with van der Waals surface area (Å²) in [5.74, 6) is 0.931. The number of hydrogen-bond donors (Lipinski definition) is 2. The SMILES string of the molecule is OC(CN1CCNCC1)CN1CCCC2CCCC21. The van der Waals surface area contributed by atoms with Gasteiger partial charge in [-0.15, -0.1) is 0 Å². The summed E-state index contributed by atoms with van der Waals surface area (Å²) in [5, 5.41) is 13.7.